The van der Waals surface area contributed by atoms with E-state index < -0.39 is 0 Å². The minimum atomic E-state index is 0.480. The lowest BCUT2D eigenvalue weighted by Crippen LogP contribution is -2.39. The molecule has 2 aliphatic rings. The average molecular weight is 315 g/mol. The number of rotatable bonds is 4. The molecule has 0 saturated heterocycles. The van der Waals surface area contributed by atoms with E-state index in [1.54, 1.807) is 0 Å². The van der Waals surface area contributed by atoms with E-state index in [0.717, 1.165) is 24.2 Å². The Labute approximate surface area is 115 Å². The first-order valence-electron chi connectivity index (χ1n) is 6.48. The van der Waals surface area contributed by atoms with Gasteiger partial charge in [-0.3, -0.25) is 11.3 Å². The lowest BCUT2D eigenvalue weighted by Gasteiger charge is -2.15. The molecule has 2 saturated carbocycles. The highest BCUT2D eigenvalue weighted by atomic mass is 79.9. The van der Waals surface area contributed by atoms with Crippen LogP contribution in [-0.2, 0) is 6.42 Å². The van der Waals surface area contributed by atoms with Gasteiger partial charge in [0.15, 0.2) is 0 Å². The van der Waals surface area contributed by atoms with Gasteiger partial charge in [-0.15, -0.1) is 11.3 Å². The molecule has 17 heavy (non-hydrogen) atoms. The fraction of sp³-hybridized carbons (Fsp3) is 0.692. The van der Waals surface area contributed by atoms with Gasteiger partial charge in [-0.1, -0.05) is 12.8 Å². The average Bonchev–Trinajstić information content (AvgIpc) is 2.93. The van der Waals surface area contributed by atoms with Gasteiger partial charge in [0, 0.05) is 20.8 Å². The molecule has 1 aromatic rings. The summed E-state index contributed by atoms with van der Waals surface area (Å²) in [4.78, 5) is 1.43. The van der Waals surface area contributed by atoms with Crippen molar-refractivity contribution in [3.05, 3.63) is 20.8 Å². The highest BCUT2D eigenvalue weighted by Gasteiger charge is 2.53. The minimum absolute atomic E-state index is 0.480. The summed E-state index contributed by atoms with van der Waals surface area (Å²) in [6, 6.07) is 2.70. The maximum absolute atomic E-state index is 5.77. The molecular formula is C13H19BrN2S. The van der Waals surface area contributed by atoms with Crippen LogP contribution in [0.5, 0.6) is 0 Å². The number of fused-ring (bicyclic) bond motifs is 1. The Morgan fingerprint density at radius 2 is 2.12 bits per heavy atom. The summed E-state index contributed by atoms with van der Waals surface area (Å²) in [6.07, 6.45) is 6.81. The third-order valence-corrected chi connectivity index (χ3v) is 6.16. The maximum atomic E-state index is 5.77. The van der Waals surface area contributed by atoms with Crippen molar-refractivity contribution in [3.63, 3.8) is 0 Å². The number of halogens is 1. The van der Waals surface area contributed by atoms with Gasteiger partial charge in [0.05, 0.1) is 0 Å². The summed E-state index contributed by atoms with van der Waals surface area (Å²) in [6.45, 7) is 0. The summed E-state index contributed by atoms with van der Waals surface area (Å²) < 4.78 is 1.20. The first-order valence-corrected chi connectivity index (χ1v) is 8.16. The van der Waals surface area contributed by atoms with E-state index in [2.05, 4.69) is 32.8 Å². The van der Waals surface area contributed by atoms with Crippen LogP contribution >= 0.6 is 27.3 Å². The van der Waals surface area contributed by atoms with Gasteiger partial charge in [0.2, 0.25) is 0 Å². The van der Waals surface area contributed by atoms with E-state index in [1.165, 1.54) is 35.0 Å². The van der Waals surface area contributed by atoms with E-state index in [4.69, 9.17) is 5.84 Å². The maximum Gasteiger partial charge on any atom is 0.0292 e. The molecule has 1 heterocycles. The molecule has 0 aromatic carbocycles. The van der Waals surface area contributed by atoms with Crippen molar-refractivity contribution < 1.29 is 0 Å². The zero-order valence-corrected chi connectivity index (χ0v) is 12.3. The predicted octanol–water partition coefficient (Wildman–Crippen LogP) is 3.32. The Kier molecular flexibility index (Phi) is 3.57. The zero-order chi connectivity index (χ0) is 11.8. The second-order valence-electron chi connectivity index (χ2n) is 5.40. The van der Waals surface area contributed by atoms with Crippen molar-refractivity contribution in [1.82, 2.24) is 5.43 Å². The number of nitrogens with one attached hydrogen (secondary N) is 1. The third-order valence-electron chi connectivity index (χ3n) is 4.44. The van der Waals surface area contributed by atoms with Crippen LogP contribution in [0.3, 0.4) is 0 Å². The molecular weight excluding hydrogens is 296 g/mol. The molecule has 3 N–H and O–H groups in total. The molecule has 0 aliphatic heterocycles. The molecule has 1 aromatic heterocycles. The SMILES string of the molecule is NNC(Cc1cc(Br)cs1)C1C2CCCCC21. The molecule has 3 unspecified atom stereocenters. The Morgan fingerprint density at radius 3 is 2.65 bits per heavy atom. The van der Waals surface area contributed by atoms with Crippen molar-refractivity contribution in [1.29, 1.82) is 0 Å². The van der Waals surface area contributed by atoms with Crippen LogP contribution in [0.1, 0.15) is 30.6 Å². The standard InChI is InChI=1S/C13H19BrN2S/c14-8-5-9(17-7-8)6-12(16-15)13-10-3-1-2-4-11(10)13/h5,7,10-13,16H,1-4,6,15H2. The number of hydrazine groups is 1. The number of hydrogen-bond acceptors (Lipinski definition) is 3. The van der Waals surface area contributed by atoms with Crippen molar-refractivity contribution in [3.8, 4) is 0 Å². The fourth-order valence-electron chi connectivity index (χ4n) is 3.63. The van der Waals surface area contributed by atoms with Crippen LogP contribution in [-0.4, -0.2) is 6.04 Å². The van der Waals surface area contributed by atoms with Gasteiger partial charge in [0.25, 0.3) is 0 Å². The second-order valence-corrected chi connectivity index (χ2v) is 7.31. The molecule has 2 fully saturated rings. The van der Waals surface area contributed by atoms with Crippen LogP contribution in [0, 0.1) is 17.8 Å². The lowest BCUT2D eigenvalue weighted by molar-refractivity contribution is 0.439. The summed E-state index contributed by atoms with van der Waals surface area (Å²) in [7, 11) is 0. The highest BCUT2D eigenvalue weighted by Crippen LogP contribution is 2.57. The number of hydrogen-bond donors (Lipinski definition) is 2. The van der Waals surface area contributed by atoms with Crippen LogP contribution < -0.4 is 11.3 Å². The van der Waals surface area contributed by atoms with E-state index >= 15 is 0 Å². The monoisotopic (exact) mass is 314 g/mol. The van der Waals surface area contributed by atoms with Gasteiger partial charge < -0.3 is 0 Å². The van der Waals surface area contributed by atoms with Gasteiger partial charge >= 0.3 is 0 Å². The molecule has 94 valence electrons. The second kappa shape index (κ2) is 5.00. The lowest BCUT2D eigenvalue weighted by atomic mass is 10.0. The van der Waals surface area contributed by atoms with Crippen LogP contribution in [0.15, 0.2) is 15.9 Å². The van der Waals surface area contributed by atoms with Crippen molar-refractivity contribution in [2.45, 2.75) is 38.1 Å². The molecule has 3 atom stereocenters. The first-order chi connectivity index (χ1) is 8.29. The quantitative estimate of drug-likeness (QED) is 0.661. The predicted molar refractivity (Wildman–Crippen MR) is 75.8 cm³/mol. The minimum Gasteiger partial charge on any atom is -0.271 e. The Balaban J connectivity index is 1.64. The Morgan fingerprint density at radius 1 is 1.41 bits per heavy atom. The Bertz CT molecular complexity index is 381. The summed E-state index contributed by atoms with van der Waals surface area (Å²) in [5, 5.41) is 2.16. The van der Waals surface area contributed by atoms with E-state index in [9.17, 15) is 0 Å². The van der Waals surface area contributed by atoms with E-state index in [-0.39, 0.29) is 0 Å². The molecule has 0 spiro atoms. The van der Waals surface area contributed by atoms with Gasteiger partial charge in [-0.05, 0) is 59.0 Å². The zero-order valence-electron chi connectivity index (χ0n) is 9.86. The van der Waals surface area contributed by atoms with Gasteiger partial charge in [-0.25, -0.2) is 0 Å². The van der Waals surface area contributed by atoms with E-state index in [1.807, 2.05) is 11.3 Å². The molecule has 0 amide bonds. The third kappa shape index (κ3) is 2.46. The summed E-state index contributed by atoms with van der Waals surface area (Å²) in [5.74, 6) is 8.53. The van der Waals surface area contributed by atoms with E-state index in [0.29, 0.717) is 6.04 Å². The molecule has 2 nitrogen and oxygen atoms in total. The van der Waals surface area contributed by atoms with Crippen LogP contribution in [0.2, 0.25) is 0 Å². The largest absolute Gasteiger partial charge is 0.271 e. The Hall–Kier alpha value is 0.1000. The molecule has 0 bridgehead atoms. The van der Waals surface area contributed by atoms with Crippen molar-refractivity contribution in [2.75, 3.05) is 0 Å². The van der Waals surface area contributed by atoms with Crippen LogP contribution in [0.4, 0.5) is 0 Å². The topological polar surface area (TPSA) is 38.0 Å². The molecule has 0 radical (unpaired) electrons. The van der Waals surface area contributed by atoms with Crippen molar-refractivity contribution >= 4 is 27.3 Å². The number of thiophene rings is 1. The highest BCUT2D eigenvalue weighted by molar-refractivity contribution is 9.10. The molecule has 3 rings (SSSR count). The normalized spacial score (nSPS) is 33.2. The molecule has 2 aliphatic carbocycles. The number of nitrogens with two attached hydrogens (primary N) is 1. The fourth-order valence-corrected chi connectivity index (χ4v) is 5.14. The van der Waals surface area contributed by atoms with Crippen LogP contribution in [0.25, 0.3) is 0 Å². The van der Waals surface area contributed by atoms with Gasteiger partial charge in [-0.2, -0.15) is 0 Å². The first kappa shape index (κ1) is 12.2. The summed E-state index contributed by atoms with van der Waals surface area (Å²) in [5.41, 5.74) is 3.07. The summed E-state index contributed by atoms with van der Waals surface area (Å²) >= 11 is 5.35. The van der Waals surface area contributed by atoms with Crippen molar-refractivity contribution in [2.24, 2.45) is 23.6 Å². The molecule has 4 heteroatoms. The smallest absolute Gasteiger partial charge is 0.0292 e. The van der Waals surface area contributed by atoms with Gasteiger partial charge in [0.1, 0.15) is 0 Å².